The second-order valence-corrected chi connectivity index (χ2v) is 6.25. The summed E-state index contributed by atoms with van der Waals surface area (Å²) in [5.74, 6) is 0.424. The van der Waals surface area contributed by atoms with Gasteiger partial charge in [0.1, 0.15) is 5.75 Å². The fourth-order valence-corrected chi connectivity index (χ4v) is 2.99. The molecular formula is C19H23N3O2. The number of ether oxygens (including phenoxy) is 1. The van der Waals surface area contributed by atoms with Crippen LogP contribution in [-0.2, 0) is 11.2 Å². The molecule has 0 aliphatic carbocycles. The number of primary amides is 1. The highest BCUT2D eigenvalue weighted by Crippen LogP contribution is 2.31. The number of methoxy groups -OCH3 is 1. The van der Waals surface area contributed by atoms with Gasteiger partial charge in [-0.25, -0.2) is 0 Å². The van der Waals surface area contributed by atoms with Crippen molar-refractivity contribution in [3.8, 4) is 11.8 Å². The topological polar surface area (TPSA) is 88.1 Å². The minimum absolute atomic E-state index is 0.122. The van der Waals surface area contributed by atoms with Crippen molar-refractivity contribution in [1.29, 1.82) is 5.26 Å². The fourth-order valence-electron chi connectivity index (χ4n) is 2.99. The number of nitriles is 1. The number of nitrogens with one attached hydrogen (secondary N) is 1. The van der Waals surface area contributed by atoms with Crippen molar-refractivity contribution in [2.24, 2.45) is 17.6 Å². The third-order valence-corrected chi connectivity index (χ3v) is 4.23. The van der Waals surface area contributed by atoms with Crippen molar-refractivity contribution in [1.82, 2.24) is 5.32 Å². The van der Waals surface area contributed by atoms with E-state index in [1.165, 1.54) is 0 Å². The third-order valence-electron chi connectivity index (χ3n) is 4.23. The monoisotopic (exact) mass is 325 g/mol. The van der Waals surface area contributed by atoms with Crippen LogP contribution < -0.4 is 15.8 Å². The van der Waals surface area contributed by atoms with Gasteiger partial charge in [-0.1, -0.05) is 26.0 Å². The van der Waals surface area contributed by atoms with E-state index in [9.17, 15) is 4.79 Å². The van der Waals surface area contributed by atoms with E-state index in [0.717, 1.165) is 17.0 Å². The molecule has 0 bridgehead atoms. The summed E-state index contributed by atoms with van der Waals surface area (Å²) in [4.78, 5) is 11.9. The fraction of sp³-hybridized carbons (Fsp3) is 0.368. The predicted octanol–water partition coefficient (Wildman–Crippen LogP) is 2.63. The Morgan fingerprint density at radius 1 is 1.46 bits per heavy atom. The Morgan fingerprint density at radius 2 is 2.17 bits per heavy atom. The molecule has 1 aliphatic rings. The lowest BCUT2D eigenvalue weighted by Gasteiger charge is -2.28. The van der Waals surface area contributed by atoms with E-state index >= 15 is 0 Å². The van der Waals surface area contributed by atoms with E-state index in [1.54, 1.807) is 19.2 Å². The molecule has 1 unspecified atom stereocenters. The molecule has 1 heterocycles. The number of rotatable bonds is 5. The molecule has 2 rings (SSSR count). The molecule has 126 valence electrons. The Hall–Kier alpha value is -2.74. The van der Waals surface area contributed by atoms with Crippen molar-refractivity contribution in [3.05, 3.63) is 52.4 Å². The van der Waals surface area contributed by atoms with Crippen LogP contribution in [0, 0.1) is 23.2 Å². The van der Waals surface area contributed by atoms with Gasteiger partial charge in [0, 0.05) is 22.9 Å². The highest BCUT2D eigenvalue weighted by molar-refractivity contribution is 5.94. The first-order valence-corrected chi connectivity index (χ1v) is 7.93. The van der Waals surface area contributed by atoms with Gasteiger partial charge < -0.3 is 15.8 Å². The summed E-state index contributed by atoms with van der Waals surface area (Å²) in [7, 11) is 1.58. The van der Waals surface area contributed by atoms with Gasteiger partial charge in [-0.15, -0.1) is 0 Å². The number of amides is 1. The molecule has 0 radical (unpaired) electrons. The zero-order valence-corrected chi connectivity index (χ0v) is 14.5. The van der Waals surface area contributed by atoms with Crippen LogP contribution in [0.1, 0.15) is 31.9 Å². The second kappa shape index (κ2) is 7.22. The van der Waals surface area contributed by atoms with Crippen molar-refractivity contribution < 1.29 is 9.53 Å². The molecule has 1 aromatic carbocycles. The minimum Gasteiger partial charge on any atom is -0.496 e. The normalized spacial score (nSPS) is 17.2. The van der Waals surface area contributed by atoms with Crippen molar-refractivity contribution in [2.45, 2.75) is 27.2 Å². The van der Waals surface area contributed by atoms with Crippen LogP contribution in [0.2, 0.25) is 0 Å². The lowest BCUT2D eigenvalue weighted by atomic mass is 9.85. The van der Waals surface area contributed by atoms with Crippen molar-refractivity contribution in [3.63, 3.8) is 0 Å². The first-order valence-electron chi connectivity index (χ1n) is 7.93. The Morgan fingerprint density at radius 3 is 2.71 bits per heavy atom. The van der Waals surface area contributed by atoms with Gasteiger partial charge in [0.05, 0.1) is 18.7 Å². The highest BCUT2D eigenvalue weighted by atomic mass is 16.5. The molecule has 0 spiro atoms. The summed E-state index contributed by atoms with van der Waals surface area (Å²) < 4.78 is 5.41. The molecule has 1 amide bonds. The maximum atomic E-state index is 11.9. The predicted molar refractivity (Wildman–Crippen MR) is 92.9 cm³/mol. The number of carbonyl (C=O) groups excluding carboxylic acids is 1. The van der Waals surface area contributed by atoms with Crippen LogP contribution in [0.5, 0.6) is 5.75 Å². The number of nitrogens with zero attached hydrogens (tertiary/aromatic N) is 1. The summed E-state index contributed by atoms with van der Waals surface area (Å²) in [6.45, 7) is 6.07. The quantitative estimate of drug-likeness (QED) is 0.871. The van der Waals surface area contributed by atoms with Crippen LogP contribution in [0.3, 0.4) is 0 Å². The molecule has 24 heavy (non-hydrogen) atoms. The average molecular weight is 325 g/mol. The molecular weight excluding hydrogens is 302 g/mol. The molecule has 3 N–H and O–H groups in total. The molecule has 1 atom stereocenters. The summed E-state index contributed by atoms with van der Waals surface area (Å²) in [5.41, 5.74) is 9.55. The van der Waals surface area contributed by atoms with E-state index in [0.29, 0.717) is 29.2 Å². The van der Waals surface area contributed by atoms with E-state index in [2.05, 4.69) is 31.3 Å². The number of nitrogens with two attached hydrogens (primary N) is 1. The average Bonchev–Trinajstić information content (AvgIpc) is 2.54. The van der Waals surface area contributed by atoms with Crippen LogP contribution >= 0.6 is 0 Å². The largest absolute Gasteiger partial charge is 0.496 e. The molecule has 5 heteroatoms. The Bertz CT molecular complexity index is 754. The summed E-state index contributed by atoms with van der Waals surface area (Å²) >= 11 is 0. The number of hydrogen-bond donors (Lipinski definition) is 2. The summed E-state index contributed by atoms with van der Waals surface area (Å²) in [6, 6.07) is 7.44. The van der Waals surface area contributed by atoms with Gasteiger partial charge in [-0.3, -0.25) is 4.79 Å². The molecule has 0 aromatic heterocycles. The smallest absolute Gasteiger partial charge is 0.246 e. The van der Waals surface area contributed by atoms with Crippen molar-refractivity contribution >= 4 is 5.91 Å². The standard InChI is InChI=1S/C19H23N3O2/c1-11(2)16-9-15(18(19(21)23)12(3)22-16)8-14-6-5-13(10-20)7-17(14)24-4/h5-7,9,11,15,22H,8H2,1-4H3,(H2,21,23). The van der Waals surface area contributed by atoms with Crippen LogP contribution in [-0.4, -0.2) is 13.0 Å². The van der Waals surface area contributed by atoms with Gasteiger partial charge in [0.2, 0.25) is 5.91 Å². The maximum Gasteiger partial charge on any atom is 0.246 e. The van der Waals surface area contributed by atoms with E-state index in [-0.39, 0.29) is 5.92 Å². The second-order valence-electron chi connectivity index (χ2n) is 6.25. The van der Waals surface area contributed by atoms with Crippen LogP contribution in [0.15, 0.2) is 41.2 Å². The zero-order chi connectivity index (χ0) is 17.9. The van der Waals surface area contributed by atoms with E-state index < -0.39 is 5.91 Å². The Balaban J connectivity index is 2.42. The van der Waals surface area contributed by atoms with Gasteiger partial charge in [-0.05, 0) is 37.0 Å². The SMILES string of the molecule is COc1cc(C#N)ccc1CC1C=C(C(C)C)NC(C)=C1C(N)=O. The maximum absolute atomic E-state index is 11.9. The number of dihydropyridines is 1. The Kier molecular flexibility index (Phi) is 5.30. The first kappa shape index (κ1) is 17.6. The van der Waals surface area contributed by atoms with Gasteiger partial charge in [0.25, 0.3) is 0 Å². The minimum atomic E-state index is -0.420. The molecule has 0 saturated heterocycles. The Labute approximate surface area is 142 Å². The molecule has 0 fully saturated rings. The van der Waals surface area contributed by atoms with Gasteiger partial charge >= 0.3 is 0 Å². The number of allylic oxidation sites excluding steroid dienone is 3. The van der Waals surface area contributed by atoms with Crippen LogP contribution in [0.4, 0.5) is 0 Å². The molecule has 0 saturated carbocycles. The third kappa shape index (κ3) is 3.60. The van der Waals surface area contributed by atoms with Gasteiger partial charge in [-0.2, -0.15) is 5.26 Å². The van der Waals surface area contributed by atoms with E-state index in [4.69, 9.17) is 15.7 Å². The molecule has 1 aromatic rings. The number of hydrogen-bond acceptors (Lipinski definition) is 4. The number of benzene rings is 1. The lowest BCUT2D eigenvalue weighted by Crippen LogP contribution is -2.32. The van der Waals surface area contributed by atoms with Gasteiger partial charge in [0.15, 0.2) is 0 Å². The summed E-state index contributed by atoms with van der Waals surface area (Å²) in [5, 5.41) is 12.3. The van der Waals surface area contributed by atoms with Crippen LogP contribution in [0.25, 0.3) is 0 Å². The molecule has 5 nitrogen and oxygen atoms in total. The summed E-state index contributed by atoms with van der Waals surface area (Å²) in [6.07, 6.45) is 2.65. The lowest BCUT2D eigenvalue weighted by molar-refractivity contribution is -0.115. The number of carbonyl (C=O) groups is 1. The highest BCUT2D eigenvalue weighted by Gasteiger charge is 2.26. The first-order chi connectivity index (χ1) is 11.4. The van der Waals surface area contributed by atoms with E-state index in [1.807, 2.05) is 13.0 Å². The molecule has 1 aliphatic heterocycles. The van der Waals surface area contributed by atoms with Crippen molar-refractivity contribution in [2.75, 3.05) is 7.11 Å². The zero-order valence-electron chi connectivity index (χ0n) is 14.5.